The maximum Gasteiger partial charge on any atom is 0.472 e. The minimum Gasteiger partial charge on any atom is -0.422 e. The van der Waals surface area contributed by atoms with E-state index in [0.29, 0.717) is 12.3 Å². The topological polar surface area (TPSA) is 271 Å². The Kier molecular flexibility index (Phi) is 15.7. The van der Waals surface area contributed by atoms with Crippen molar-refractivity contribution >= 4 is 73.9 Å². The van der Waals surface area contributed by atoms with Crippen molar-refractivity contribution in [2.75, 3.05) is 23.6 Å². The molecule has 1 unspecified atom stereocenters. The highest BCUT2D eigenvalue weighted by Crippen LogP contribution is 2.68. The monoisotopic (exact) mass is 1190 g/mol. The van der Waals surface area contributed by atoms with Gasteiger partial charge in [-0.2, -0.15) is 49.6 Å². The molecule has 0 saturated heterocycles. The number of anilines is 1. The van der Waals surface area contributed by atoms with Gasteiger partial charge in [-0.15, -0.1) is 0 Å². The van der Waals surface area contributed by atoms with Gasteiger partial charge in [0.15, 0.2) is 21.3 Å². The molecule has 1 saturated carbocycles. The van der Waals surface area contributed by atoms with E-state index in [2.05, 4.69) is 41.6 Å². The molecule has 0 radical (unpaired) electrons. The molecule has 20 nitrogen and oxygen atoms in total. The number of sulfone groups is 1. The number of alkyl carbamates (subject to hydrolysis) is 1. The van der Waals surface area contributed by atoms with Crippen LogP contribution in [0.25, 0.3) is 22.0 Å². The summed E-state index contributed by atoms with van der Waals surface area (Å²) < 4.78 is 218. The predicted molar refractivity (Wildman–Crippen MR) is 252 cm³/mol. The fourth-order valence-electron chi connectivity index (χ4n) is 8.43. The third-order valence-corrected chi connectivity index (χ3v) is 15.9. The fraction of sp³-hybridized carbons (Fsp3) is 0.409. The van der Waals surface area contributed by atoms with Crippen LogP contribution in [-0.2, 0) is 74.9 Å². The Labute approximate surface area is 439 Å². The predicted octanol–water partition coefficient (Wildman–Crippen LogP) is 6.77. The van der Waals surface area contributed by atoms with Crippen molar-refractivity contribution in [3.8, 4) is 23.0 Å². The number of phosphoric ester groups is 1. The summed E-state index contributed by atoms with van der Waals surface area (Å²) in [6.07, 6.45) is -12.0. The van der Waals surface area contributed by atoms with Crippen LogP contribution in [0.3, 0.4) is 0 Å². The maximum atomic E-state index is 15.6. The number of sulfonamides is 1. The number of carbonyl (C=O) groups excluding carboxylic acids is 3. The van der Waals surface area contributed by atoms with Gasteiger partial charge in [0, 0.05) is 34.9 Å². The van der Waals surface area contributed by atoms with Gasteiger partial charge in [0.1, 0.15) is 46.9 Å². The summed E-state index contributed by atoms with van der Waals surface area (Å²) in [6, 6.07) is 2.23. The number of amides is 3. The van der Waals surface area contributed by atoms with Gasteiger partial charge >= 0.3 is 26.3 Å². The van der Waals surface area contributed by atoms with Crippen molar-refractivity contribution in [3.63, 3.8) is 0 Å². The standard InChI is InChI=1S/C44H40ClF10N8O12PS2/c1-20(56-40(66)74-19-75-76(67,68)69)39(65)63(78(5,72)73)38-33-29(45)9-8-26(35(33)62(60-38)18-42(48,49)50)25-7-6-24(10-11-41(2,3)77(4,70)71)57-34(25)30(14-21-12-22(46)15-23(47)13-21)58-31(64)17-61-37-32(36(59-61)44(53,54)55)27-16-28(27)43(37,51)52/h6-9,12-13,15,20,27-28,30H,14,16-19H2,1-5H3,(H,56,66)(H,58,64)(H2,67,68,69)/t20-,27-,28?,30-/m0/s1. The lowest BCUT2D eigenvalue weighted by molar-refractivity contribution is -0.143. The van der Waals surface area contributed by atoms with Crippen molar-refractivity contribution < 1.29 is 98.7 Å². The number of carbonyl (C=O) groups is 3. The number of aromatic nitrogens is 5. The average molecular weight is 1190 g/mol. The number of pyridine rings is 1. The number of ether oxygens (including phenoxy) is 1. The first-order valence-electron chi connectivity index (χ1n) is 22.2. The van der Waals surface area contributed by atoms with Gasteiger partial charge < -0.3 is 25.2 Å². The van der Waals surface area contributed by atoms with Crippen molar-refractivity contribution in [2.24, 2.45) is 5.92 Å². The molecule has 1 fully saturated rings. The number of benzene rings is 2. The molecular formula is C44H40ClF10N8O12PS2. The molecule has 4 N–H and O–H groups in total. The molecule has 0 bridgehead atoms. The molecule has 0 aliphatic heterocycles. The van der Waals surface area contributed by atoms with Gasteiger partial charge in [-0.1, -0.05) is 23.6 Å². The molecule has 422 valence electrons. The summed E-state index contributed by atoms with van der Waals surface area (Å²) >= 11 is 6.62. The Bertz CT molecular complexity index is 3620. The summed E-state index contributed by atoms with van der Waals surface area (Å²) in [5.74, 6) is -8.21. The fourth-order valence-corrected chi connectivity index (χ4v) is 10.0. The second-order valence-electron chi connectivity index (χ2n) is 18.4. The Hall–Kier alpha value is -6.36. The number of hydrogen-bond donors (Lipinski definition) is 4. The normalized spacial score (nSPS) is 17.1. The summed E-state index contributed by atoms with van der Waals surface area (Å²) in [5.41, 5.74) is -6.56. The van der Waals surface area contributed by atoms with Crippen LogP contribution in [0, 0.1) is 29.4 Å². The highest BCUT2D eigenvalue weighted by atomic mass is 35.5. The third kappa shape index (κ3) is 12.7. The first-order chi connectivity index (χ1) is 35.7. The lowest BCUT2D eigenvalue weighted by atomic mass is 9.93. The van der Waals surface area contributed by atoms with E-state index in [1.165, 1.54) is 13.8 Å². The van der Waals surface area contributed by atoms with Crippen LogP contribution in [0.2, 0.25) is 5.02 Å². The molecule has 3 amide bonds. The Morgan fingerprint density at radius 3 is 2.17 bits per heavy atom. The molecule has 2 aliphatic rings. The quantitative estimate of drug-likeness (QED) is 0.0344. The minimum atomic E-state index is -5.26. The van der Waals surface area contributed by atoms with Crippen LogP contribution < -0.4 is 14.9 Å². The molecule has 2 aromatic carbocycles. The van der Waals surface area contributed by atoms with Crippen LogP contribution in [0.15, 0.2) is 42.5 Å². The van der Waals surface area contributed by atoms with Gasteiger partial charge in [0.25, 0.3) is 11.8 Å². The number of rotatable bonds is 16. The summed E-state index contributed by atoms with van der Waals surface area (Å²) in [6.45, 7) is -1.59. The van der Waals surface area contributed by atoms with Crippen LogP contribution in [0.5, 0.6) is 0 Å². The number of fused-ring (bicyclic) bond motifs is 4. The zero-order valence-electron chi connectivity index (χ0n) is 40.5. The van der Waals surface area contributed by atoms with Crippen LogP contribution >= 0.6 is 19.4 Å². The zero-order valence-corrected chi connectivity index (χ0v) is 43.8. The smallest absolute Gasteiger partial charge is 0.422 e. The summed E-state index contributed by atoms with van der Waals surface area (Å²) in [5, 5.41) is 10.1. The SMILES string of the molecule is C[C@H](NC(=O)OCOP(=O)(O)O)C(=O)N(c1nn(CC(F)(F)F)c2c(-c3ccc(C#CC(C)(C)S(C)(=O)=O)nc3[C@H](Cc3cc(F)cc(F)c3)NC(=O)Cn3nc(C(F)(F)F)c4c3C(F)(F)C3C[C@H]43)ccc(Cl)c12)S(C)(=O)=O. The molecule has 3 heterocycles. The molecular weight excluding hydrogens is 1150 g/mol. The second kappa shape index (κ2) is 20.7. The average Bonchev–Trinajstić information content (AvgIpc) is 4.03. The first-order valence-corrected chi connectivity index (χ1v) is 27.8. The minimum absolute atomic E-state index is 0.145. The van der Waals surface area contributed by atoms with E-state index in [4.69, 9.17) is 21.4 Å². The molecule has 4 atom stereocenters. The van der Waals surface area contributed by atoms with Crippen LogP contribution in [0.1, 0.15) is 73.1 Å². The van der Waals surface area contributed by atoms with E-state index >= 15 is 8.78 Å². The van der Waals surface area contributed by atoms with Crippen molar-refractivity contribution in [1.29, 1.82) is 0 Å². The van der Waals surface area contributed by atoms with Gasteiger partial charge in [-0.05, 0) is 81.3 Å². The number of phosphoric acid groups is 1. The van der Waals surface area contributed by atoms with E-state index in [9.17, 15) is 70.9 Å². The highest BCUT2D eigenvalue weighted by molar-refractivity contribution is 7.93. The molecule has 5 aromatic rings. The highest BCUT2D eigenvalue weighted by Gasteiger charge is 2.68. The lowest BCUT2D eigenvalue weighted by Crippen LogP contribution is -2.49. The first kappa shape index (κ1) is 59.3. The van der Waals surface area contributed by atoms with E-state index in [-0.39, 0.29) is 31.3 Å². The third-order valence-electron chi connectivity index (χ3n) is 12.1. The van der Waals surface area contributed by atoms with Gasteiger partial charge in [-0.25, -0.2) is 44.5 Å². The number of alkyl halides is 8. The van der Waals surface area contributed by atoms with Crippen molar-refractivity contribution in [3.05, 3.63) is 93.0 Å². The molecule has 2 aliphatic carbocycles. The Morgan fingerprint density at radius 1 is 0.962 bits per heavy atom. The summed E-state index contributed by atoms with van der Waals surface area (Å²) in [7, 11) is -14.2. The maximum absolute atomic E-state index is 15.6. The van der Waals surface area contributed by atoms with Gasteiger partial charge in [0.05, 0.1) is 33.9 Å². The molecule has 3 aromatic heterocycles. The molecule has 0 spiro atoms. The van der Waals surface area contributed by atoms with Gasteiger partial charge in [-0.3, -0.25) is 19.0 Å². The summed E-state index contributed by atoms with van der Waals surface area (Å²) in [4.78, 5) is 62.8. The van der Waals surface area contributed by atoms with E-state index < -0.39 is 186 Å². The van der Waals surface area contributed by atoms with E-state index in [1.807, 2.05) is 5.32 Å². The lowest BCUT2D eigenvalue weighted by Gasteiger charge is -2.24. The van der Waals surface area contributed by atoms with Gasteiger partial charge in [0.2, 0.25) is 22.7 Å². The van der Waals surface area contributed by atoms with Crippen molar-refractivity contribution in [1.82, 2.24) is 35.2 Å². The van der Waals surface area contributed by atoms with Crippen molar-refractivity contribution in [2.45, 2.75) is 87.7 Å². The second-order valence-corrected chi connectivity index (χ2v) is 24.5. The number of halogens is 11. The van der Waals surface area contributed by atoms with Crippen LogP contribution in [0.4, 0.5) is 54.5 Å². The molecule has 34 heteroatoms. The Balaban J connectivity index is 1.45. The van der Waals surface area contributed by atoms with E-state index in [1.54, 1.807) is 0 Å². The number of hydrogen-bond acceptors (Lipinski definition) is 13. The Morgan fingerprint density at radius 2 is 1.59 bits per heavy atom. The van der Waals surface area contributed by atoms with Crippen LogP contribution in [-0.4, -0.2) is 105 Å². The zero-order chi connectivity index (χ0) is 58.2. The van der Waals surface area contributed by atoms with E-state index in [0.717, 1.165) is 49.6 Å². The molecule has 78 heavy (non-hydrogen) atoms. The number of nitrogens with zero attached hydrogens (tertiary/aromatic N) is 6. The number of nitrogens with one attached hydrogen (secondary N) is 2. The molecule has 7 rings (SSSR count). The largest absolute Gasteiger partial charge is 0.472 e.